The van der Waals surface area contributed by atoms with Crippen LogP contribution in [0.4, 0.5) is 0 Å². The number of nitrogens with one attached hydrogen (secondary N) is 1. The zero-order chi connectivity index (χ0) is 40.0. The Hall–Kier alpha value is -5.35. The number of nitrogens with zero attached hydrogens (tertiary/aromatic N) is 3. The molecule has 54 heavy (non-hydrogen) atoms. The fourth-order valence-corrected chi connectivity index (χ4v) is 7.23. The standard InChI is InChI=1S/C38H44N4O12/c1-19-20(9-10-29(43)51-5)22-14-28-38(50,12-11-30(44)52-6)37(4,49)27(42-28)16-26-36(3,18-32(46)54-8)34(48)24(41-26)15-25-35(2,17-31(45)53-7)33(47)23(40-25)13-21(19)39-22/h13-16,22,41,49-50H,9-12,17-18H2,1-8H3/b23-13-,24-15-,26-16-,28-14-/t22?,35-,36-,37?,38?/m1/s1. The third-order valence-corrected chi connectivity index (χ3v) is 11.0. The van der Waals surface area contributed by atoms with Crippen molar-refractivity contribution in [2.45, 2.75) is 83.5 Å². The molecule has 3 N–H and O–H groups in total. The monoisotopic (exact) mass is 748 g/mol. The van der Waals surface area contributed by atoms with Gasteiger partial charge in [0.15, 0.2) is 11.6 Å². The van der Waals surface area contributed by atoms with Gasteiger partial charge in [-0.15, -0.1) is 0 Å². The number of aliphatic hydroxyl groups is 2. The summed E-state index contributed by atoms with van der Waals surface area (Å²) < 4.78 is 19.5. The van der Waals surface area contributed by atoms with E-state index in [1.54, 1.807) is 6.92 Å². The van der Waals surface area contributed by atoms with Crippen LogP contribution >= 0.6 is 0 Å². The highest BCUT2D eigenvalue weighted by Gasteiger charge is 2.58. The molecule has 16 nitrogen and oxygen atoms in total. The normalized spacial score (nSPS) is 33.8. The molecule has 16 heteroatoms. The number of methoxy groups -OCH3 is 4. The summed E-state index contributed by atoms with van der Waals surface area (Å²) in [5.74, 6) is -3.72. The largest absolute Gasteiger partial charge is 0.469 e. The second-order valence-corrected chi connectivity index (χ2v) is 14.3. The van der Waals surface area contributed by atoms with Gasteiger partial charge in [-0.2, -0.15) is 0 Å². The van der Waals surface area contributed by atoms with Crippen LogP contribution in [0.5, 0.6) is 0 Å². The summed E-state index contributed by atoms with van der Waals surface area (Å²) in [7, 11) is 4.80. The highest BCUT2D eigenvalue weighted by Crippen LogP contribution is 2.47. The first-order chi connectivity index (χ1) is 25.3. The van der Waals surface area contributed by atoms with E-state index in [4.69, 9.17) is 23.9 Å². The number of carbonyl (C=O) groups excluding carboxylic acids is 6. The van der Waals surface area contributed by atoms with Gasteiger partial charge in [-0.1, -0.05) is 0 Å². The van der Waals surface area contributed by atoms with Gasteiger partial charge >= 0.3 is 23.9 Å². The van der Waals surface area contributed by atoms with E-state index in [2.05, 4.69) is 15.3 Å². The lowest BCUT2D eigenvalue weighted by Gasteiger charge is -2.36. The Kier molecular flexibility index (Phi) is 10.7. The molecule has 0 radical (unpaired) electrons. The molecule has 5 heterocycles. The van der Waals surface area contributed by atoms with Crippen molar-refractivity contribution in [2.75, 3.05) is 28.4 Å². The molecule has 5 aliphatic rings. The zero-order valence-electron chi connectivity index (χ0n) is 31.4. The van der Waals surface area contributed by atoms with Gasteiger partial charge in [-0.05, 0) is 76.0 Å². The number of rotatable bonds is 10. The Balaban J connectivity index is 1.82. The van der Waals surface area contributed by atoms with Gasteiger partial charge in [-0.25, -0.2) is 4.99 Å². The average Bonchev–Trinajstić information content (AvgIpc) is 3.70. The smallest absolute Gasteiger partial charge is 0.306 e. The van der Waals surface area contributed by atoms with Crippen LogP contribution in [0.25, 0.3) is 0 Å². The van der Waals surface area contributed by atoms with Crippen LogP contribution in [0.15, 0.2) is 73.2 Å². The number of esters is 4. The number of fused-ring (bicyclic) bond motifs is 5. The number of Topliss-reactive ketones (excluding diaryl/α,β-unsaturated/α-hetero) is 2. The van der Waals surface area contributed by atoms with E-state index in [1.807, 2.05) is 0 Å². The first kappa shape index (κ1) is 39.8. The van der Waals surface area contributed by atoms with E-state index in [0.717, 1.165) is 0 Å². The molecule has 0 aliphatic carbocycles. The van der Waals surface area contributed by atoms with Crippen LogP contribution in [-0.2, 0) is 47.7 Å². The molecule has 0 aromatic heterocycles. The van der Waals surface area contributed by atoms with Crippen molar-refractivity contribution in [3.8, 4) is 0 Å². The van der Waals surface area contributed by atoms with Crippen LogP contribution < -0.4 is 5.32 Å². The van der Waals surface area contributed by atoms with Gasteiger partial charge in [0, 0.05) is 18.5 Å². The third-order valence-electron chi connectivity index (χ3n) is 11.0. The van der Waals surface area contributed by atoms with Gasteiger partial charge in [0.2, 0.25) is 0 Å². The van der Waals surface area contributed by atoms with E-state index < -0.39 is 76.4 Å². The molecule has 1 saturated heterocycles. The SMILES string of the molecule is COC(=O)CCC1=C(C)C2=NC1/C=C1N=C(/C=C3\N/C(=C\C4=NC(=C\2)/C(=O)[C@]4(C)CC(=O)OC)C(=O)[C@]3(C)CC(=O)OC)C(C)(O)C\1(O)CCC(=O)OC. The molecule has 0 saturated carbocycles. The molecular formula is C38H44N4O12. The Morgan fingerprint density at radius 1 is 0.778 bits per heavy atom. The summed E-state index contributed by atoms with van der Waals surface area (Å²) in [4.78, 5) is 92.6. The van der Waals surface area contributed by atoms with Crippen molar-refractivity contribution in [3.63, 3.8) is 0 Å². The molecule has 0 spiro atoms. The molecule has 0 aromatic rings. The first-order valence-corrected chi connectivity index (χ1v) is 17.2. The summed E-state index contributed by atoms with van der Waals surface area (Å²) in [6.45, 7) is 6.05. The minimum Gasteiger partial charge on any atom is -0.469 e. The molecule has 1 fully saturated rings. The molecule has 3 unspecified atom stereocenters. The molecular weight excluding hydrogens is 704 g/mol. The summed E-state index contributed by atoms with van der Waals surface area (Å²) in [6, 6.07) is -0.885. The number of carbonyl (C=O) groups is 6. The van der Waals surface area contributed by atoms with Crippen molar-refractivity contribution in [1.82, 2.24) is 5.32 Å². The summed E-state index contributed by atoms with van der Waals surface area (Å²) >= 11 is 0. The van der Waals surface area contributed by atoms with E-state index in [-0.39, 0.29) is 59.9 Å². The lowest BCUT2D eigenvalue weighted by Crippen LogP contribution is -2.54. The van der Waals surface area contributed by atoms with E-state index in [9.17, 15) is 39.0 Å². The van der Waals surface area contributed by atoms with Gasteiger partial charge in [0.1, 0.15) is 16.9 Å². The number of aliphatic imine (C=N–C) groups is 3. The quantitative estimate of drug-likeness (QED) is 0.214. The fraction of sp³-hybridized carbons (Fsp3) is 0.500. The van der Waals surface area contributed by atoms with Gasteiger partial charge in [-0.3, -0.25) is 38.8 Å². The van der Waals surface area contributed by atoms with Crippen LogP contribution in [0.3, 0.4) is 0 Å². The van der Waals surface area contributed by atoms with Crippen LogP contribution in [0, 0.1) is 10.8 Å². The Bertz CT molecular complexity index is 2000. The number of allylic oxidation sites excluding steroid dienone is 6. The summed E-state index contributed by atoms with van der Waals surface area (Å²) in [5.41, 5.74) is -6.30. The Morgan fingerprint density at radius 3 is 1.98 bits per heavy atom. The molecule has 5 aliphatic heterocycles. The van der Waals surface area contributed by atoms with Crippen LogP contribution in [0.1, 0.15) is 66.2 Å². The lowest BCUT2D eigenvalue weighted by molar-refractivity contribution is -0.145. The third kappa shape index (κ3) is 6.68. The van der Waals surface area contributed by atoms with Crippen molar-refractivity contribution >= 4 is 52.6 Å². The predicted molar refractivity (Wildman–Crippen MR) is 192 cm³/mol. The first-order valence-electron chi connectivity index (χ1n) is 17.2. The minimum atomic E-state index is -2.21. The molecule has 0 amide bonds. The second kappa shape index (κ2) is 14.5. The molecule has 8 bridgehead atoms. The Morgan fingerprint density at radius 2 is 1.37 bits per heavy atom. The molecule has 5 atom stereocenters. The second-order valence-electron chi connectivity index (χ2n) is 14.3. The van der Waals surface area contributed by atoms with Gasteiger partial charge in [0.25, 0.3) is 0 Å². The summed E-state index contributed by atoms with van der Waals surface area (Å²) in [5, 5.41) is 27.5. The highest BCUT2D eigenvalue weighted by atomic mass is 16.5. The molecule has 0 aromatic carbocycles. The molecule has 288 valence electrons. The number of hydrogen-bond acceptors (Lipinski definition) is 16. The maximum atomic E-state index is 14.3. The topological polar surface area (TPSA) is 229 Å². The number of hydrogen-bond donors (Lipinski definition) is 3. The average molecular weight is 749 g/mol. The number of ether oxygens (including phenoxy) is 4. The van der Waals surface area contributed by atoms with Crippen molar-refractivity contribution in [3.05, 3.63) is 58.2 Å². The van der Waals surface area contributed by atoms with Crippen molar-refractivity contribution in [2.24, 2.45) is 25.8 Å². The van der Waals surface area contributed by atoms with E-state index in [1.165, 1.54) is 73.5 Å². The van der Waals surface area contributed by atoms with Crippen molar-refractivity contribution in [1.29, 1.82) is 0 Å². The fourth-order valence-electron chi connectivity index (χ4n) is 7.23. The summed E-state index contributed by atoms with van der Waals surface area (Å²) in [6.07, 6.45) is 4.24. The van der Waals surface area contributed by atoms with E-state index >= 15 is 0 Å². The van der Waals surface area contributed by atoms with Crippen LogP contribution in [0.2, 0.25) is 0 Å². The zero-order valence-corrected chi connectivity index (χ0v) is 31.4. The molecule has 5 rings (SSSR count). The number of ketones is 2. The lowest BCUT2D eigenvalue weighted by atomic mass is 9.75. The minimum absolute atomic E-state index is 0.0301. The predicted octanol–water partition coefficient (Wildman–Crippen LogP) is 1.85. The van der Waals surface area contributed by atoms with E-state index in [0.29, 0.717) is 16.9 Å². The Labute approximate surface area is 311 Å². The van der Waals surface area contributed by atoms with Gasteiger partial charge < -0.3 is 34.5 Å². The maximum Gasteiger partial charge on any atom is 0.306 e. The van der Waals surface area contributed by atoms with Crippen LogP contribution in [-0.4, -0.2) is 108 Å². The van der Waals surface area contributed by atoms with Gasteiger partial charge in [0.05, 0.1) is 86.7 Å². The highest BCUT2D eigenvalue weighted by molar-refractivity contribution is 6.29. The maximum absolute atomic E-state index is 14.3. The van der Waals surface area contributed by atoms with Crippen molar-refractivity contribution < 1.29 is 57.9 Å².